The van der Waals surface area contributed by atoms with Crippen LogP contribution in [0.3, 0.4) is 0 Å². The van der Waals surface area contributed by atoms with Gasteiger partial charge in [-0.15, -0.1) is 0 Å². The van der Waals surface area contributed by atoms with Crippen LogP contribution in [0.1, 0.15) is 5.69 Å². The van der Waals surface area contributed by atoms with Gasteiger partial charge >= 0.3 is 0 Å². The number of nitro groups is 2. The molecule has 0 saturated carbocycles. The highest BCUT2D eigenvalue weighted by molar-refractivity contribution is 5.60. The van der Waals surface area contributed by atoms with E-state index in [0.29, 0.717) is 11.3 Å². The van der Waals surface area contributed by atoms with Crippen molar-refractivity contribution in [3.63, 3.8) is 0 Å². The van der Waals surface area contributed by atoms with Crippen LogP contribution in [0.2, 0.25) is 0 Å². The molecule has 1 heterocycles. The Balaban J connectivity index is 1.98. The van der Waals surface area contributed by atoms with Crippen LogP contribution < -0.4 is 9.47 Å². The monoisotopic (exact) mass is 382 g/mol. The van der Waals surface area contributed by atoms with Crippen LogP contribution >= 0.6 is 0 Å². The first-order valence-electron chi connectivity index (χ1n) is 7.98. The number of benzene rings is 2. The lowest BCUT2D eigenvalue weighted by atomic mass is 10.2. The first-order chi connectivity index (χ1) is 13.4. The second-order valence-corrected chi connectivity index (χ2v) is 5.67. The number of hydrogen-bond donors (Lipinski definition) is 0. The van der Waals surface area contributed by atoms with Crippen LogP contribution in [0.15, 0.2) is 48.5 Å². The van der Waals surface area contributed by atoms with Crippen molar-refractivity contribution < 1.29 is 19.3 Å². The van der Waals surface area contributed by atoms with Crippen LogP contribution in [0.4, 0.5) is 11.4 Å². The van der Waals surface area contributed by atoms with Gasteiger partial charge in [-0.05, 0) is 13.0 Å². The Morgan fingerprint density at radius 1 is 0.893 bits per heavy atom. The maximum atomic E-state index is 11.0. The Hall–Kier alpha value is -4.08. The molecule has 142 valence electrons. The Kier molecular flexibility index (Phi) is 5.12. The Labute approximate surface area is 158 Å². The van der Waals surface area contributed by atoms with Crippen molar-refractivity contribution in [2.24, 2.45) is 0 Å². The maximum absolute atomic E-state index is 11.0. The van der Waals surface area contributed by atoms with Crippen molar-refractivity contribution >= 4 is 11.4 Å². The maximum Gasteiger partial charge on any atom is 0.273 e. The first-order valence-corrected chi connectivity index (χ1v) is 7.98. The summed E-state index contributed by atoms with van der Waals surface area (Å²) < 4.78 is 10.9. The van der Waals surface area contributed by atoms with Crippen molar-refractivity contribution in [3.05, 3.63) is 74.5 Å². The van der Waals surface area contributed by atoms with E-state index in [4.69, 9.17) is 9.47 Å². The summed E-state index contributed by atoms with van der Waals surface area (Å²) in [6.07, 6.45) is 0. The molecule has 2 aromatic carbocycles. The Morgan fingerprint density at radius 3 is 2.29 bits per heavy atom. The predicted molar refractivity (Wildman–Crippen MR) is 98.6 cm³/mol. The molecule has 28 heavy (non-hydrogen) atoms. The van der Waals surface area contributed by atoms with Gasteiger partial charge in [0, 0.05) is 35.5 Å². The predicted octanol–water partition coefficient (Wildman–Crippen LogP) is 4.07. The fourth-order valence-corrected chi connectivity index (χ4v) is 2.45. The van der Waals surface area contributed by atoms with E-state index in [0.717, 1.165) is 0 Å². The van der Waals surface area contributed by atoms with Crippen molar-refractivity contribution in [1.82, 2.24) is 9.97 Å². The molecule has 10 heteroatoms. The summed E-state index contributed by atoms with van der Waals surface area (Å²) in [5.41, 5.74) is 0.813. The molecular formula is C18H14N4O6. The molecule has 0 aliphatic heterocycles. The van der Waals surface area contributed by atoms with E-state index in [1.54, 1.807) is 25.1 Å². The normalized spacial score (nSPS) is 10.4. The Morgan fingerprint density at radius 2 is 1.61 bits per heavy atom. The summed E-state index contributed by atoms with van der Waals surface area (Å²) in [6, 6.07) is 11.4. The second kappa shape index (κ2) is 7.66. The number of ether oxygens (including phenoxy) is 2. The van der Waals surface area contributed by atoms with Gasteiger partial charge in [0.25, 0.3) is 11.4 Å². The van der Waals surface area contributed by atoms with Crippen LogP contribution in [0, 0.1) is 27.2 Å². The Bertz CT molecular complexity index is 1070. The van der Waals surface area contributed by atoms with Gasteiger partial charge in [0.1, 0.15) is 0 Å². The highest BCUT2D eigenvalue weighted by atomic mass is 16.6. The molecular weight excluding hydrogens is 368 g/mol. The largest absolute Gasteiger partial charge is 0.493 e. The van der Waals surface area contributed by atoms with Crippen LogP contribution in [-0.2, 0) is 0 Å². The molecule has 0 saturated heterocycles. The molecule has 0 N–H and O–H groups in total. The molecule has 0 fully saturated rings. The lowest BCUT2D eigenvalue weighted by Crippen LogP contribution is -1.98. The number of nitrogens with zero attached hydrogens (tertiary/aromatic N) is 4. The number of rotatable bonds is 6. The van der Waals surface area contributed by atoms with Crippen molar-refractivity contribution in [2.45, 2.75) is 6.92 Å². The van der Waals surface area contributed by atoms with Crippen molar-refractivity contribution in [1.29, 1.82) is 0 Å². The van der Waals surface area contributed by atoms with E-state index in [2.05, 4.69) is 9.97 Å². The SMILES string of the molecule is COc1cc([N+](=O)[O-])ccc1Oc1cc(C)nc(-c2cccc([N+](=O)[O-])c2)n1. The fourth-order valence-electron chi connectivity index (χ4n) is 2.45. The molecule has 10 nitrogen and oxygen atoms in total. The average Bonchev–Trinajstić information content (AvgIpc) is 2.67. The molecule has 0 amide bonds. The van der Waals surface area contributed by atoms with Gasteiger partial charge in [-0.3, -0.25) is 20.2 Å². The molecule has 0 bridgehead atoms. The first kappa shape index (κ1) is 18.7. The lowest BCUT2D eigenvalue weighted by Gasteiger charge is -2.11. The van der Waals surface area contributed by atoms with Gasteiger partial charge in [0.15, 0.2) is 17.3 Å². The summed E-state index contributed by atoms with van der Waals surface area (Å²) in [5, 5.41) is 21.9. The highest BCUT2D eigenvalue weighted by Crippen LogP contribution is 2.34. The van der Waals surface area contributed by atoms with E-state index in [1.807, 2.05) is 0 Å². The third-order valence-corrected chi connectivity index (χ3v) is 3.72. The van der Waals surface area contributed by atoms with Crippen LogP contribution in [0.25, 0.3) is 11.4 Å². The number of aryl methyl sites for hydroxylation is 1. The molecule has 0 aliphatic carbocycles. The molecule has 3 aromatic rings. The number of methoxy groups -OCH3 is 1. The van der Waals surface area contributed by atoms with Gasteiger partial charge < -0.3 is 9.47 Å². The van der Waals surface area contributed by atoms with Gasteiger partial charge in [-0.25, -0.2) is 4.98 Å². The minimum absolute atomic E-state index is 0.0814. The molecule has 0 atom stereocenters. The third-order valence-electron chi connectivity index (χ3n) is 3.72. The molecule has 0 spiro atoms. The zero-order valence-corrected chi connectivity index (χ0v) is 14.9. The van der Waals surface area contributed by atoms with Crippen LogP contribution in [0.5, 0.6) is 17.4 Å². The molecule has 0 radical (unpaired) electrons. The molecule has 3 rings (SSSR count). The smallest absolute Gasteiger partial charge is 0.273 e. The van der Waals surface area contributed by atoms with Crippen LogP contribution in [-0.4, -0.2) is 26.9 Å². The van der Waals surface area contributed by atoms with E-state index in [-0.39, 0.29) is 34.6 Å². The van der Waals surface area contributed by atoms with E-state index in [1.165, 1.54) is 37.4 Å². The van der Waals surface area contributed by atoms with E-state index < -0.39 is 9.85 Å². The molecule has 1 aromatic heterocycles. The summed E-state index contributed by atoms with van der Waals surface area (Å²) in [5.74, 6) is 0.819. The summed E-state index contributed by atoms with van der Waals surface area (Å²) >= 11 is 0. The second-order valence-electron chi connectivity index (χ2n) is 5.67. The summed E-state index contributed by atoms with van der Waals surface area (Å²) in [6.45, 7) is 1.72. The number of hydrogen-bond acceptors (Lipinski definition) is 8. The zero-order valence-electron chi connectivity index (χ0n) is 14.9. The minimum Gasteiger partial charge on any atom is -0.493 e. The van der Waals surface area contributed by atoms with E-state index >= 15 is 0 Å². The van der Waals surface area contributed by atoms with Crippen molar-refractivity contribution in [2.75, 3.05) is 7.11 Å². The van der Waals surface area contributed by atoms with E-state index in [9.17, 15) is 20.2 Å². The number of nitro benzene ring substituents is 2. The van der Waals surface area contributed by atoms with Gasteiger partial charge in [0.05, 0.1) is 23.0 Å². The standard InChI is InChI=1S/C18H14N4O6/c1-11-8-17(28-15-7-6-14(22(25)26)10-16(15)27-2)20-18(19-11)12-4-3-5-13(9-12)21(23)24/h3-10H,1-2H3. The summed E-state index contributed by atoms with van der Waals surface area (Å²) in [4.78, 5) is 29.4. The molecule has 0 aliphatic rings. The van der Waals surface area contributed by atoms with Crippen molar-refractivity contribution in [3.8, 4) is 28.8 Å². The number of aromatic nitrogens is 2. The zero-order chi connectivity index (χ0) is 20.3. The quantitative estimate of drug-likeness (QED) is 0.460. The average molecular weight is 382 g/mol. The van der Waals surface area contributed by atoms with Gasteiger partial charge in [-0.2, -0.15) is 4.98 Å². The number of non-ortho nitro benzene ring substituents is 2. The molecule has 0 unspecified atom stereocenters. The lowest BCUT2D eigenvalue weighted by molar-refractivity contribution is -0.385. The fraction of sp³-hybridized carbons (Fsp3) is 0.111. The topological polar surface area (TPSA) is 131 Å². The van der Waals surface area contributed by atoms with Gasteiger partial charge in [0.2, 0.25) is 5.88 Å². The third kappa shape index (κ3) is 4.01. The summed E-state index contributed by atoms with van der Waals surface area (Å²) in [7, 11) is 1.37. The minimum atomic E-state index is -0.540. The highest BCUT2D eigenvalue weighted by Gasteiger charge is 2.15. The van der Waals surface area contributed by atoms with Gasteiger partial charge in [-0.1, -0.05) is 12.1 Å².